The van der Waals surface area contributed by atoms with Crippen molar-refractivity contribution in [3.63, 3.8) is 0 Å². The molecule has 0 unspecified atom stereocenters. The molecule has 1 aromatic carbocycles. The minimum absolute atomic E-state index is 0.225. The van der Waals surface area contributed by atoms with Crippen molar-refractivity contribution in [3.05, 3.63) is 41.6 Å². The van der Waals surface area contributed by atoms with Gasteiger partial charge in [-0.1, -0.05) is 0 Å². The summed E-state index contributed by atoms with van der Waals surface area (Å²) in [6, 6.07) is 3.59. The molecule has 1 saturated carbocycles. The number of hydrogen-bond donors (Lipinski definition) is 0. The Bertz CT molecular complexity index is 919. The van der Waals surface area contributed by atoms with E-state index in [1.807, 2.05) is 0 Å². The number of carbonyl (C=O) groups excluding carboxylic acids is 1. The van der Waals surface area contributed by atoms with Crippen LogP contribution in [0.5, 0.6) is 5.75 Å². The lowest BCUT2D eigenvalue weighted by molar-refractivity contribution is -0.0521. The molecular formula is C19H18F3N3O3. The fraction of sp³-hybridized carbons (Fsp3) is 0.421. The molecule has 1 aliphatic carbocycles. The Morgan fingerprint density at radius 3 is 2.79 bits per heavy atom. The zero-order valence-electron chi connectivity index (χ0n) is 15.1. The summed E-state index contributed by atoms with van der Waals surface area (Å²) >= 11 is 0. The molecule has 2 fully saturated rings. The van der Waals surface area contributed by atoms with Gasteiger partial charge in [-0.3, -0.25) is 4.98 Å². The molecule has 9 heteroatoms. The highest BCUT2D eigenvalue weighted by Crippen LogP contribution is 2.45. The van der Waals surface area contributed by atoms with Gasteiger partial charge in [-0.15, -0.1) is 0 Å². The molecule has 0 radical (unpaired) electrons. The second-order valence-corrected chi connectivity index (χ2v) is 7.03. The van der Waals surface area contributed by atoms with Crippen LogP contribution in [0.1, 0.15) is 30.7 Å². The van der Waals surface area contributed by atoms with E-state index in [4.69, 9.17) is 4.74 Å². The van der Waals surface area contributed by atoms with Gasteiger partial charge in [-0.25, -0.2) is 14.2 Å². The van der Waals surface area contributed by atoms with Gasteiger partial charge in [-0.05, 0) is 38.0 Å². The first-order chi connectivity index (χ1) is 13.3. The zero-order valence-corrected chi connectivity index (χ0v) is 15.1. The fourth-order valence-electron chi connectivity index (χ4n) is 3.17. The second-order valence-electron chi connectivity index (χ2n) is 7.03. The third-order valence-electron chi connectivity index (χ3n) is 5.04. The summed E-state index contributed by atoms with van der Waals surface area (Å²) in [4.78, 5) is 22.6. The summed E-state index contributed by atoms with van der Waals surface area (Å²) in [6.07, 6.45) is 3.70. The van der Waals surface area contributed by atoms with Crippen LogP contribution in [-0.4, -0.2) is 39.7 Å². The average molecular weight is 393 g/mol. The third-order valence-corrected chi connectivity index (χ3v) is 5.04. The summed E-state index contributed by atoms with van der Waals surface area (Å²) in [7, 11) is 0. The van der Waals surface area contributed by atoms with Crippen molar-refractivity contribution in [2.75, 3.05) is 6.54 Å². The SMILES string of the molecule is Cc1ncc(-c2ccc(F)c(OC(F)F)c2)nc1CN1CCC2(CC2)OC1=O. The van der Waals surface area contributed by atoms with Crippen LogP contribution >= 0.6 is 0 Å². The lowest BCUT2D eigenvalue weighted by atomic mass is 10.1. The van der Waals surface area contributed by atoms with Crippen LogP contribution in [0.2, 0.25) is 0 Å². The van der Waals surface area contributed by atoms with Crippen LogP contribution in [0.25, 0.3) is 11.3 Å². The highest BCUT2D eigenvalue weighted by atomic mass is 19.3. The van der Waals surface area contributed by atoms with Gasteiger partial charge in [0.1, 0.15) is 5.60 Å². The van der Waals surface area contributed by atoms with E-state index in [-0.39, 0.29) is 18.2 Å². The van der Waals surface area contributed by atoms with Crippen molar-refractivity contribution in [1.29, 1.82) is 0 Å². The molecule has 1 saturated heterocycles. The summed E-state index contributed by atoms with van der Waals surface area (Å²) in [6.45, 7) is -0.569. The maximum atomic E-state index is 13.7. The number of benzene rings is 1. The second kappa shape index (κ2) is 6.96. The molecule has 2 heterocycles. The van der Waals surface area contributed by atoms with Crippen molar-refractivity contribution < 1.29 is 27.4 Å². The normalized spacial score (nSPS) is 17.8. The molecule has 1 amide bonds. The highest BCUT2D eigenvalue weighted by Gasteiger charge is 2.50. The number of amides is 1. The van der Waals surface area contributed by atoms with Crippen LogP contribution in [0.4, 0.5) is 18.0 Å². The summed E-state index contributed by atoms with van der Waals surface area (Å²) in [5.41, 5.74) is 1.68. The number of nitrogens with zero attached hydrogens (tertiary/aromatic N) is 3. The number of rotatable bonds is 5. The average Bonchev–Trinajstić information content (AvgIpc) is 3.39. The van der Waals surface area contributed by atoms with Crippen molar-refractivity contribution >= 4 is 6.09 Å². The molecule has 28 heavy (non-hydrogen) atoms. The first kappa shape index (κ1) is 18.5. The van der Waals surface area contributed by atoms with Crippen molar-refractivity contribution in [1.82, 2.24) is 14.9 Å². The summed E-state index contributed by atoms with van der Waals surface area (Å²) in [5, 5.41) is 0. The highest BCUT2D eigenvalue weighted by molar-refractivity contribution is 5.69. The van der Waals surface area contributed by atoms with Crippen molar-refractivity contribution in [3.8, 4) is 17.0 Å². The van der Waals surface area contributed by atoms with E-state index in [2.05, 4.69) is 14.7 Å². The minimum Gasteiger partial charge on any atom is -0.443 e. The van der Waals surface area contributed by atoms with Gasteiger partial charge in [0.25, 0.3) is 0 Å². The molecular weight excluding hydrogens is 375 g/mol. The van der Waals surface area contributed by atoms with E-state index in [1.165, 1.54) is 12.3 Å². The molecule has 1 aromatic heterocycles. The molecule has 0 N–H and O–H groups in total. The Kier molecular flexibility index (Phi) is 4.60. The summed E-state index contributed by atoms with van der Waals surface area (Å²) < 4.78 is 48.2. The van der Waals surface area contributed by atoms with E-state index in [0.29, 0.717) is 29.2 Å². The lowest BCUT2D eigenvalue weighted by Gasteiger charge is -2.32. The standard InChI is InChI=1S/C19H18F3N3O3/c1-11-15(10-25-7-6-19(4-5-19)28-18(25)26)24-14(9-23-11)12-2-3-13(20)16(8-12)27-17(21)22/h2-3,8-9,17H,4-7,10H2,1H3. The third kappa shape index (κ3) is 3.74. The molecule has 2 aromatic rings. The van der Waals surface area contributed by atoms with Crippen LogP contribution < -0.4 is 4.74 Å². The summed E-state index contributed by atoms with van der Waals surface area (Å²) in [5.74, 6) is -1.46. The fourth-order valence-corrected chi connectivity index (χ4v) is 3.17. The predicted molar refractivity (Wildman–Crippen MR) is 92.3 cm³/mol. The minimum atomic E-state index is -3.13. The molecule has 0 atom stereocenters. The molecule has 4 rings (SSSR count). The molecule has 0 bridgehead atoms. The molecule has 1 spiro atoms. The Morgan fingerprint density at radius 1 is 1.32 bits per heavy atom. The topological polar surface area (TPSA) is 64.6 Å². The van der Waals surface area contributed by atoms with E-state index < -0.39 is 18.2 Å². The van der Waals surface area contributed by atoms with Gasteiger partial charge < -0.3 is 14.4 Å². The number of aryl methyl sites for hydroxylation is 1. The Labute approximate surface area is 159 Å². The predicted octanol–water partition coefficient (Wildman–Crippen LogP) is 4.07. The van der Waals surface area contributed by atoms with Crippen molar-refractivity contribution in [2.24, 2.45) is 0 Å². The zero-order chi connectivity index (χ0) is 19.9. The van der Waals surface area contributed by atoms with Gasteiger partial charge in [0.05, 0.1) is 29.8 Å². The monoisotopic (exact) mass is 393 g/mol. The van der Waals surface area contributed by atoms with Gasteiger partial charge in [0, 0.05) is 18.5 Å². The first-order valence-corrected chi connectivity index (χ1v) is 8.90. The van der Waals surface area contributed by atoms with E-state index >= 15 is 0 Å². The smallest absolute Gasteiger partial charge is 0.410 e. The number of carbonyl (C=O) groups is 1. The van der Waals surface area contributed by atoms with Gasteiger partial charge in [0.2, 0.25) is 0 Å². The van der Waals surface area contributed by atoms with E-state index in [0.717, 1.165) is 31.4 Å². The molecule has 2 aliphatic rings. The maximum Gasteiger partial charge on any atom is 0.410 e. The van der Waals surface area contributed by atoms with E-state index in [1.54, 1.807) is 11.8 Å². The van der Waals surface area contributed by atoms with Crippen molar-refractivity contribution in [2.45, 2.75) is 44.9 Å². The maximum absolute atomic E-state index is 13.7. The lowest BCUT2D eigenvalue weighted by Crippen LogP contribution is -2.42. The molecule has 148 valence electrons. The number of aromatic nitrogens is 2. The quantitative estimate of drug-likeness (QED) is 0.766. The van der Waals surface area contributed by atoms with Crippen LogP contribution in [-0.2, 0) is 11.3 Å². The number of halogens is 3. The van der Waals surface area contributed by atoms with Gasteiger partial charge in [0.15, 0.2) is 11.6 Å². The van der Waals surface area contributed by atoms with Gasteiger partial charge in [-0.2, -0.15) is 8.78 Å². The van der Waals surface area contributed by atoms with Crippen LogP contribution in [0.15, 0.2) is 24.4 Å². The Morgan fingerprint density at radius 2 is 2.11 bits per heavy atom. The van der Waals surface area contributed by atoms with Crippen LogP contribution in [0.3, 0.4) is 0 Å². The van der Waals surface area contributed by atoms with Crippen LogP contribution in [0, 0.1) is 12.7 Å². The largest absolute Gasteiger partial charge is 0.443 e. The number of ether oxygens (including phenoxy) is 2. The van der Waals surface area contributed by atoms with Gasteiger partial charge >= 0.3 is 12.7 Å². The molecule has 1 aliphatic heterocycles. The first-order valence-electron chi connectivity index (χ1n) is 8.90. The number of alkyl halides is 2. The molecule has 6 nitrogen and oxygen atoms in total. The Hall–Kier alpha value is -2.84. The Balaban J connectivity index is 1.56. The number of hydrogen-bond acceptors (Lipinski definition) is 5. The van der Waals surface area contributed by atoms with E-state index in [9.17, 15) is 18.0 Å².